The molecule has 1 amide bonds. The minimum atomic E-state index is 0.0436. The summed E-state index contributed by atoms with van der Waals surface area (Å²) in [6.45, 7) is 5.29. The maximum Gasteiger partial charge on any atom is 0.267 e. The van der Waals surface area contributed by atoms with Crippen molar-refractivity contribution in [3.05, 3.63) is 64.4 Å². The molecule has 0 saturated carbocycles. The Morgan fingerprint density at radius 1 is 1.03 bits per heavy atom. The van der Waals surface area contributed by atoms with Gasteiger partial charge in [-0.25, -0.2) is 9.67 Å². The molecule has 4 heterocycles. The number of nitrogens with zero attached hydrogens (tertiary/aromatic N) is 6. The van der Waals surface area contributed by atoms with Crippen LogP contribution >= 0.6 is 11.5 Å². The molecule has 1 aromatic carbocycles. The van der Waals surface area contributed by atoms with Crippen molar-refractivity contribution in [1.29, 1.82) is 0 Å². The zero-order valence-corrected chi connectivity index (χ0v) is 17.8. The van der Waals surface area contributed by atoms with Crippen molar-refractivity contribution in [2.24, 2.45) is 0 Å². The number of pyridine rings is 1. The number of piperidine rings is 1. The van der Waals surface area contributed by atoms with Crippen LogP contribution in [0, 0.1) is 13.8 Å². The second-order valence-corrected chi connectivity index (χ2v) is 8.45. The largest absolute Gasteiger partial charge is 0.338 e. The third kappa shape index (κ3) is 3.27. The molecule has 0 radical (unpaired) electrons. The molecule has 0 bridgehead atoms. The van der Waals surface area contributed by atoms with Crippen LogP contribution in [0.1, 0.15) is 45.5 Å². The zero-order valence-electron chi connectivity index (χ0n) is 16.9. The van der Waals surface area contributed by atoms with Gasteiger partial charge in [0.1, 0.15) is 4.88 Å². The van der Waals surface area contributed by atoms with Crippen LogP contribution in [-0.2, 0) is 0 Å². The summed E-state index contributed by atoms with van der Waals surface area (Å²) in [5, 5.41) is 9.74. The predicted molar refractivity (Wildman–Crippen MR) is 116 cm³/mol. The van der Waals surface area contributed by atoms with Crippen molar-refractivity contribution in [3.63, 3.8) is 0 Å². The van der Waals surface area contributed by atoms with E-state index in [1.54, 1.807) is 0 Å². The monoisotopic (exact) mass is 418 g/mol. The fourth-order valence-electron chi connectivity index (χ4n) is 4.08. The molecule has 0 unspecified atom stereocenters. The lowest BCUT2D eigenvalue weighted by molar-refractivity contribution is 0.0716. The molecule has 5 rings (SSSR count). The quantitative estimate of drug-likeness (QED) is 0.504. The Kier molecular flexibility index (Phi) is 4.78. The molecule has 152 valence electrons. The van der Waals surface area contributed by atoms with E-state index in [0.29, 0.717) is 16.5 Å². The Balaban J connectivity index is 1.38. The molecule has 1 aliphatic heterocycles. The van der Waals surface area contributed by atoms with E-state index in [1.807, 2.05) is 53.8 Å². The summed E-state index contributed by atoms with van der Waals surface area (Å²) in [6.07, 6.45) is 1.79. The Hall–Kier alpha value is -3.13. The normalized spacial score (nSPS) is 15.1. The molecule has 1 aliphatic rings. The third-order valence-electron chi connectivity index (χ3n) is 5.78. The van der Waals surface area contributed by atoms with Gasteiger partial charge in [0.25, 0.3) is 5.91 Å². The molecule has 1 fully saturated rings. The number of likely N-dealkylation sites (tertiary alicyclic amines) is 1. The van der Waals surface area contributed by atoms with E-state index in [-0.39, 0.29) is 5.91 Å². The van der Waals surface area contributed by atoms with E-state index in [1.165, 1.54) is 11.5 Å². The third-order valence-corrected chi connectivity index (χ3v) is 6.60. The van der Waals surface area contributed by atoms with Crippen LogP contribution in [0.5, 0.6) is 0 Å². The number of aryl methyl sites for hydroxylation is 2. The van der Waals surface area contributed by atoms with Crippen molar-refractivity contribution in [3.8, 4) is 5.69 Å². The number of amides is 1. The number of rotatable bonds is 3. The van der Waals surface area contributed by atoms with Crippen LogP contribution in [-0.4, -0.2) is 48.2 Å². The maximum absolute atomic E-state index is 12.7. The zero-order chi connectivity index (χ0) is 20.7. The summed E-state index contributed by atoms with van der Waals surface area (Å²) in [6, 6.07) is 14.3. The number of hydrogen-bond acceptors (Lipinski definition) is 6. The van der Waals surface area contributed by atoms with Crippen LogP contribution in [0.15, 0.2) is 42.5 Å². The molecule has 8 heteroatoms. The second-order valence-electron chi connectivity index (χ2n) is 7.69. The summed E-state index contributed by atoms with van der Waals surface area (Å²) >= 11 is 1.18. The first-order chi connectivity index (χ1) is 14.6. The Morgan fingerprint density at radius 3 is 2.50 bits per heavy atom. The van der Waals surface area contributed by atoms with E-state index in [0.717, 1.165) is 54.0 Å². The number of fused-ring (bicyclic) bond motifs is 1. The first-order valence-corrected chi connectivity index (χ1v) is 10.9. The first kappa shape index (κ1) is 18.9. The lowest BCUT2D eigenvalue weighted by atomic mass is 9.92. The van der Waals surface area contributed by atoms with E-state index in [4.69, 9.17) is 10.1 Å². The molecule has 3 aromatic heterocycles. The fourth-order valence-corrected chi connectivity index (χ4v) is 4.71. The lowest BCUT2D eigenvalue weighted by Crippen LogP contribution is -2.38. The van der Waals surface area contributed by atoms with Gasteiger partial charge in [-0.15, -0.1) is 5.10 Å². The van der Waals surface area contributed by atoms with E-state index in [9.17, 15) is 4.79 Å². The molecule has 0 N–H and O–H groups in total. The van der Waals surface area contributed by atoms with Gasteiger partial charge in [0.15, 0.2) is 5.65 Å². The topological polar surface area (TPSA) is 76.8 Å². The van der Waals surface area contributed by atoms with Gasteiger partial charge in [-0.1, -0.05) is 22.7 Å². The highest BCUT2D eigenvalue weighted by atomic mass is 32.1. The number of carbonyl (C=O) groups excluding carboxylic acids is 1. The number of carbonyl (C=O) groups is 1. The number of para-hydroxylation sites is 1. The van der Waals surface area contributed by atoms with E-state index in [2.05, 4.69) is 21.7 Å². The van der Waals surface area contributed by atoms with Crippen molar-refractivity contribution in [2.45, 2.75) is 32.6 Å². The van der Waals surface area contributed by atoms with Gasteiger partial charge >= 0.3 is 0 Å². The minimum absolute atomic E-state index is 0.0436. The highest BCUT2D eigenvalue weighted by Crippen LogP contribution is 2.30. The molecule has 0 aliphatic carbocycles. The Bertz CT molecular complexity index is 1210. The van der Waals surface area contributed by atoms with Gasteiger partial charge in [-0.2, -0.15) is 5.10 Å². The van der Waals surface area contributed by atoms with Crippen LogP contribution in [0.4, 0.5) is 0 Å². The van der Waals surface area contributed by atoms with Crippen molar-refractivity contribution >= 4 is 28.5 Å². The average molecular weight is 419 g/mol. The number of benzene rings is 1. The summed E-state index contributed by atoms with van der Waals surface area (Å²) < 4.78 is 5.81. The van der Waals surface area contributed by atoms with Gasteiger partial charge in [-0.05, 0) is 62.5 Å². The maximum atomic E-state index is 12.7. The van der Waals surface area contributed by atoms with Crippen LogP contribution in [0.25, 0.3) is 16.7 Å². The molecule has 30 heavy (non-hydrogen) atoms. The van der Waals surface area contributed by atoms with Gasteiger partial charge < -0.3 is 4.90 Å². The van der Waals surface area contributed by atoms with Gasteiger partial charge in [0, 0.05) is 30.1 Å². The molecular formula is C22H22N6OS. The molecule has 0 spiro atoms. The molecule has 1 saturated heterocycles. The molecule has 7 nitrogen and oxygen atoms in total. The van der Waals surface area contributed by atoms with Crippen LogP contribution in [0.3, 0.4) is 0 Å². The van der Waals surface area contributed by atoms with Crippen molar-refractivity contribution in [2.75, 3.05) is 13.1 Å². The van der Waals surface area contributed by atoms with Crippen molar-refractivity contribution in [1.82, 2.24) is 29.3 Å². The summed E-state index contributed by atoms with van der Waals surface area (Å²) in [5.41, 5.74) is 4.66. The highest BCUT2D eigenvalue weighted by molar-refractivity contribution is 7.07. The molecule has 0 atom stereocenters. The molecular weight excluding hydrogens is 396 g/mol. The predicted octanol–water partition coefficient (Wildman–Crippen LogP) is 3.91. The Morgan fingerprint density at radius 2 is 1.80 bits per heavy atom. The van der Waals surface area contributed by atoms with Gasteiger partial charge in [-0.3, -0.25) is 4.79 Å². The van der Waals surface area contributed by atoms with Gasteiger partial charge in [0.05, 0.1) is 17.1 Å². The fraction of sp³-hybridized carbons (Fsp3) is 0.318. The van der Waals surface area contributed by atoms with E-state index < -0.39 is 0 Å². The smallest absolute Gasteiger partial charge is 0.267 e. The summed E-state index contributed by atoms with van der Waals surface area (Å²) in [7, 11) is 0. The summed E-state index contributed by atoms with van der Waals surface area (Å²) in [4.78, 5) is 20.3. The van der Waals surface area contributed by atoms with E-state index >= 15 is 0 Å². The number of aromatic nitrogens is 5. The molecule has 4 aromatic rings. The SMILES string of the molecule is Cc1nnsc1C(=O)N1CCC(c2ccc3c(C)nn(-c4ccccc4)c3n2)CC1. The van der Waals surface area contributed by atoms with Crippen LogP contribution in [0.2, 0.25) is 0 Å². The second kappa shape index (κ2) is 7.60. The number of hydrogen-bond donors (Lipinski definition) is 0. The lowest BCUT2D eigenvalue weighted by Gasteiger charge is -2.31. The standard InChI is InChI=1S/C22H22N6OS/c1-14-18-8-9-19(23-21(18)28(25-14)17-6-4-3-5-7-17)16-10-12-27(13-11-16)22(29)20-15(2)24-26-30-20/h3-9,16H,10-13H2,1-2H3. The summed E-state index contributed by atoms with van der Waals surface area (Å²) in [5.74, 6) is 0.376. The average Bonchev–Trinajstić information content (AvgIpc) is 3.37. The van der Waals surface area contributed by atoms with Crippen LogP contribution < -0.4 is 0 Å². The van der Waals surface area contributed by atoms with Gasteiger partial charge in [0.2, 0.25) is 0 Å². The first-order valence-electron chi connectivity index (χ1n) is 10.1. The minimum Gasteiger partial charge on any atom is -0.338 e. The Labute approximate surface area is 178 Å². The highest BCUT2D eigenvalue weighted by Gasteiger charge is 2.27. The van der Waals surface area contributed by atoms with Crippen molar-refractivity contribution < 1.29 is 4.79 Å².